The van der Waals surface area contributed by atoms with E-state index in [1.807, 2.05) is 59.7 Å². The van der Waals surface area contributed by atoms with Crippen molar-refractivity contribution in [3.05, 3.63) is 67.0 Å². The summed E-state index contributed by atoms with van der Waals surface area (Å²) in [5.74, 6) is 2.58. The molecule has 0 aliphatic heterocycles. The second-order valence-corrected chi connectivity index (χ2v) is 6.94. The first-order valence-corrected chi connectivity index (χ1v) is 9.31. The fraction of sp³-hybridized carbons (Fsp3) is 0.0952. The van der Waals surface area contributed by atoms with Gasteiger partial charge in [0.1, 0.15) is 36.5 Å². The van der Waals surface area contributed by atoms with Crippen molar-refractivity contribution in [1.82, 2.24) is 24.5 Å². The average Bonchev–Trinajstić information content (AvgIpc) is 3.11. The Bertz CT molecular complexity index is 1390. The molecule has 4 heterocycles. The minimum atomic E-state index is 0.420. The fourth-order valence-electron chi connectivity index (χ4n) is 3.27. The van der Waals surface area contributed by atoms with E-state index in [1.165, 1.54) is 6.33 Å². The number of nitrogens with one attached hydrogen (secondary N) is 1. The number of hydrogen-bond acceptors (Lipinski definition) is 7. The molecule has 9 nitrogen and oxygen atoms in total. The summed E-state index contributed by atoms with van der Waals surface area (Å²) in [6, 6.07) is 11.4. The number of ether oxygens (including phenoxy) is 1. The first-order valence-electron chi connectivity index (χ1n) is 9.31. The van der Waals surface area contributed by atoms with Gasteiger partial charge >= 0.3 is 6.33 Å². The summed E-state index contributed by atoms with van der Waals surface area (Å²) in [6.45, 7) is 1.99. The maximum absolute atomic E-state index is 6.08. The van der Waals surface area contributed by atoms with Gasteiger partial charge in [0.25, 0.3) is 5.65 Å². The van der Waals surface area contributed by atoms with Gasteiger partial charge in [0, 0.05) is 17.1 Å². The SMILES string of the molecule is Cc1cc(Nc2ncnc3cnc(N)cc23)ccc1Oc1ccn2c(c1)nc[n+]2C. The first-order chi connectivity index (χ1) is 14.6. The van der Waals surface area contributed by atoms with Gasteiger partial charge in [0.2, 0.25) is 0 Å². The van der Waals surface area contributed by atoms with E-state index < -0.39 is 0 Å². The number of benzene rings is 1. The molecule has 0 unspecified atom stereocenters. The second kappa shape index (κ2) is 6.96. The van der Waals surface area contributed by atoms with Crippen LogP contribution in [0.15, 0.2) is 61.4 Å². The molecule has 0 aliphatic rings. The summed E-state index contributed by atoms with van der Waals surface area (Å²) in [5, 5.41) is 4.14. The van der Waals surface area contributed by atoms with Crippen LogP contribution in [0, 0.1) is 6.92 Å². The molecule has 0 fully saturated rings. The van der Waals surface area contributed by atoms with E-state index in [2.05, 4.69) is 25.3 Å². The van der Waals surface area contributed by atoms with Crippen molar-refractivity contribution in [2.45, 2.75) is 6.92 Å². The van der Waals surface area contributed by atoms with Crippen LogP contribution in [0.1, 0.15) is 5.56 Å². The van der Waals surface area contributed by atoms with Crippen molar-refractivity contribution in [2.24, 2.45) is 7.05 Å². The van der Waals surface area contributed by atoms with Gasteiger partial charge in [0.15, 0.2) is 0 Å². The van der Waals surface area contributed by atoms with E-state index in [0.717, 1.165) is 39.3 Å². The molecule has 0 aliphatic carbocycles. The van der Waals surface area contributed by atoms with Crippen molar-refractivity contribution in [3.8, 4) is 11.5 Å². The number of anilines is 3. The predicted molar refractivity (Wildman–Crippen MR) is 113 cm³/mol. The van der Waals surface area contributed by atoms with E-state index in [9.17, 15) is 0 Å². The number of aromatic nitrogens is 6. The summed E-state index contributed by atoms with van der Waals surface area (Å²) in [4.78, 5) is 17.0. The summed E-state index contributed by atoms with van der Waals surface area (Å²) < 4.78 is 9.90. The van der Waals surface area contributed by atoms with Crippen LogP contribution >= 0.6 is 0 Å². The standard InChI is InChI=1S/C21H19N8O/c1-13-7-14(27-21-16-9-19(22)23-10-17(16)24-11-25-21)3-4-18(13)30-15-5-6-29-20(8-15)26-12-28(29)2/h3-12H,1-2H3,(H2,22,23)(H,24,25,27)/q+1. The normalized spacial score (nSPS) is 11.1. The van der Waals surface area contributed by atoms with Crippen LogP contribution in [-0.2, 0) is 7.05 Å². The third kappa shape index (κ3) is 3.22. The van der Waals surface area contributed by atoms with Gasteiger partial charge in [-0.3, -0.25) is 0 Å². The molecule has 3 N–H and O–H groups in total. The highest BCUT2D eigenvalue weighted by Crippen LogP contribution is 2.30. The van der Waals surface area contributed by atoms with E-state index >= 15 is 0 Å². The summed E-state index contributed by atoms with van der Waals surface area (Å²) in [5.41, 5.74) is 9.22. The molecule has 5 aromatic rings. The maximum atomic E-state index is 6.08. The topological polar surface area (TPSA) is 107 Å². The lowest BCUT2D eigenvalue weighted by molar-refractivity contribution is -0.739. The Kier molecular flexibility index (Phi) is 4.13. The van der Waals surface area contributed by atoms with Crippen LogP contribution in [0.3, 0.4) is 0 Å². The quantitative estimate of drug-likeness (QED) is 0.447. The van der Waals surface area contributed by atoms with Crippen LogP contribution in [0.4, 0.5) is 17.3 Å². The van der Waals surface area contributed by atoms with Gasteiger partial charge < -0.3 is 15.8 Å². The number of rotatable bonds is 4. The monoisotopic (exact) mass is 399 g/mol. The Morgan fingerprint density at radius 3 is 2.83 bits per heavy atom. The molecule has 148 valence electrons. The Morgan fingerprint density at radius 1 is 1.07 bits per heavy atom. The van der Waals surface area contributed by atoms with E-state index in [1.54, 1.807) is 18.6 Å². The Labute approximate surface area is 171 Å². The Hall–Kier alpha value is -4.27. The van der Waals surface area contributed by atoms with Crippen molar-refractivity contribution < 1.29 is 9.42 Å². The number of pyridine rings is 2. The maximum Gasteiger partial charge on any atom is 0.307 e. The molecule has 0 amide bonds. The molecule has 30 heavy (non-hydrogen) atoms. The van der Waals surface area contributed by atoms with Crippen molar-refractivity contribution in [3.63, 3.8) is 0 Å². The van der Waals surface area contributed by atoms with E-state index in [0.29, 0.717) is 11.6 Å². The molecule has 0 saturated carbocycles. The number of nitrogen functional groups attached to an aromatic ring is 1. The van der Waals surface area contributed by atoms with Crippen LogP contribution in [0.2, 0.25) is 0 Å². The first kappa shape index (κ1) is 17.8. The molecule has 5 rings (SSSR count). The molecule has 0 saturated heterocycles. The Balaban J connectivity index is 1.41. The fourth-order valence-corrected chi connectivity index (χ4v) is 3.27. The highest BCUT2D eigenvalue weighted by molar-refractivity contribution is 5.91. The predicted octanol–water partition coefficient (Wildman–Crippen LogP) is 2.92. The van der Waals surface area contributed by atoms with Crippen LogP contribution in [-0.4, -0.2) is 24.5 Å². The molecule has 0 spiro atoms. The smallest absolute Gasteiger partial charge is 0.307 e. The zero-order chi connectivity index (χ0) is 20.7. The molecule has 0 bridgehead atoms. The van der Waals surface area contributed by atoms with E-state index in [-0.39, 0.29) is 0 Å². The zero-order valence-corrected chi connectivity index (χ0v) is 16.4. The van der Waals surface area contributed by atoms with Crippen molar-refractivity contribution in [2.75, 3.05) is 11.1 Å². The van der Waals surface area contributed by atoms with Crippen LogP contribution in [0.25, 0.3) is 16.6 Å². The molecule has 9 heteroatoms. The van der Waals surface area contributed by atoms with Gasteiger partial charge in [-0.25, -0.2) is 15.0 Å². The molecular formula is C21H19N8O+. The molecule has 4 aromatic heterocycles. The lowest BCUT2D eigenvalue weighted by Gasteiger charge is -2.12. The van der Waals surface area contributed by atoms with Crippen molar-refractivity contribution in [1.29, 1.82) is 0 Å². The highest BCUT2D eigenvalue weighted by atomic mass is 16.5. The van der Waals surface area contributed by atoms with Gasteiger partial charge in [0.05, 0.1) is 24.0 Å². The number of aryl methyl sites for hydroxylation is 2. The van der Waals surface area contributed by atoms with E-state index in [4.69, 9.17) is 10.5 Å². The van der Waals surface area contributed by atoms with Crippen LogP contribution in [0.5, 0.6) is 11.5 Å². The minimum absolute atomic E-state index is 0.420. The average molecular weight is 399 g/mol. The van der Waals surface area contributed by atoms with Crippen molar-refractivity contribution >= 4 is 33.9 Å². The summed E-state index contributed by atoms with van der Waals surface area (Å²) >= 11 is 0. The third-order valence-electron chi connectivity index (χ3n) is 4.79. The largest absolute Gasteiger partial charge is 0.457 e. The molecule has 0 atom stereocenters. The molecule has 1 aromatic carbocycles. The summed E-state index contributed by atoms with van der Waals surface area (Å²) in [6.07, 6.45) is 6.81. The zero-order valence-electron chi connectivity index (χ0n) is 16.4. The van der Waals surface area contributed by atoms with Gasteiger partial charge in [-0.15, -0.1) is 4.52 Å². The number of fused-ring (bicyclic) bond motifs is 2. The van der Waals surface area contributed by atoms with Crippen LogP contribution < -0.4 is 20.5 Å². The summed E-state index contributed by atoms with van der Waals surface area (Å²) in [7, 11) is 1.93. The number of nitrogens with zero attached hydrogens (tertiary/aromatic N) is 6. The third-order valence-corrected chi connectivity index (χ3v) is 4.79. The number of hydrogen-bond donors (Lipinski definition) is 2. The van der Waals surface area contributed by atoms with Gasteiger partial charge in [-0.1, -0.05) is 0 Å². The number of nitrogens with two attached hydrogens (primary N) is 1. The Morgan fingerprint density at radius 2 is 1.97 bits per heavy atom. The van der Waals surface area contributed by atoms with Gasteiger partial charge in [-0.2, -0.15) is 4.68 Å². The van der Waals surface area contributed by atoms with Gasteiger partial charge in [-0.05, 0) is 41.7 Å². The molecule has 0 radical (unpaired) electrons. The molecular weight excluding hydrogens is 380 g/mol. The second-order valence-electron chi connectivity index (χ2n) is 6.94. The lowest BCUT2D eigenvalue weighted by atomic mass is 10.2. The minimum Gasteiger partial charge on any atom is -0.457 e. The lowest BCUT2D eigenvalue weighted by Crippen LogP contribution is -2.33. The highest BCUT2D eigenvalue weighted by Gasteiger charge is 2.11.